The molecule has 9 nitrogen and oxygen atoms in total. The van der Waals surface area contributed by atoms with Crippen molar-refractivity contribution in [3.05, 3.63) is 42.4 Å². The van der Waals surface area contributed by atoms with Crippen LogP contribution < -0.4 is 14.8 Å². The number of benzene rings is 1. The Kier molecular flexibility index (Phi) is 4.78. The summed E-state index contributed by atoms with van der Waals surface area (Å²) >= 11 is 0. The number of rotatable bonds is 3. The zero-order valence-corrected chi connectivity index (χ0v) is 16.7. The van der Waals surface area contributed by atoms with E-state index in [4.69, 9.17) is 14.0 Å². The molecule has 0 atom stereocenters. The molecule has 0 saturated carbocycles. The summed E-state index contributed by atoms with van der Waals surface area (Å²) in [7, 11) is 1.95. The number of carbonyl (C=O) groups excluding carboxylic acids is 1. The van der Waals surface area contributed by atoms with Gasteiger partial charge >= 0.3 is 6.03 Å². The molecule has 1 aromatic carbocycles. The van der Waals surface area contributed by atoms with Crippen LogP contribution in [0.5, 0.6) is 11.5 Å². The van der Waals surface area contributed by atoms with Gasteiger partial charge in [-0.25, -0.2) is 4.79 Å². The van der Waals surface area contributed by atoms with Crippen LogP contribution in [0.3, 0.4) is 0 Å². The third kappa shape index (κ3) is 3.58. The number of amides is 2. The van der Waals surface area contributed by atoms with Crippen LogP contribution in [0.2, 0.25) is 0 Å². The van der Waals surface area contributed by atoms with Gasteiger partial charge in [0.15, 0.2) is 11.5 Å². The maximum Gasteiger partial charge on any atom is 0.321 e. The Labute approximate surface area is 173 Å². The van der Waals surface area contributed by atoms with Crippen molar-refractivity contribution in [2.75, 3.05) is 31.6 Å². The molecule has 0 bridgehead atoms. The van der Waals surface area contributed by atoms with Crippen molar-refractivity contribution in [2.45, 2.75) is 18.8 Å². The number of piperidine rings is 1. The number of ether oxygens (including phenoxy) is 2. The number of aryl methyl sites for hydroxylation is 1. The van der Waals surface area contributed by atoms with E-state index in [1.165, 1.54) is 0 Å². The number of carbonyl (C=O) groups is 1. The highest BCUT2D eigenvalue weighted by atomic mass is 16.6. The number of fused-ring (bicyclic) bond motifs is 1. The molecule has 2 amide bonds. The highest BCUT2D eigenvalue weighted by molar-refractivity contribution is 5.89. The molecular formula is C21H23N5O4. The van der Waals surface area contributed by atoms with Crippen LogP contribution in [0.15, 0.2) is 41.1 Å². The largest absolute Gasteiger partial charge is 0.486 e. The number of hydrogen-bond acceptors (Lipinski definition) is 6. The maximum absolute atomic E-state index is 12.7. The zero-order valence-electron chi connectivity index (χ0n) is 16.7. The molecule has 5 rings (SSSR count). The minimum absolute atomic E-state index is 0.125. The van der Waals surface area contributed by atoms with E-state index in [0.29, 0.717) is 55.2 Å². The molecule has 0 aliphatic carbocycles. The second kappa shape index (κ2) is 7.74. The average Bonchev–Trinajstić information content (AvgIpc) is 3.42. The van der Waals surface area contributed by atoms with Crippen LogP contribution in [0.4, 0.5) is 10.5 Å². The van der Waals surface area contributed by atoms with Gasteiger partial charge in [0.1, 0.15) is 13.2 Å². The highest BCUT2D eigenvalue weighted by Gasteiger charge is 2.28. The molecule has 1 N–H and O–H groups in total. The number of nitrogens with zero attached hydrogens (tertiary/aromatic N) is 4. The fourth-order valence-electron chi connectivity index (χ4n) is 3.85. The normalized spacial score (nSPS) is 16.5. The molecule has 1 saturated heterocycles. The number of anilines is 1. The molecule has 1 fully saturated rings. The van der Waals surface area contributed by atoms with Crippen LogP contribution in [0.1, 0.15) is 24.7 Å². The second-order valence-electron chi connectivity index (χ2n) is 7.51. The number of likely N-dealkylation sites (tertiary alicyclic amines) is 1. The summed E-state index contributed by atoms with van der Waals surface area (Å²) in [4.78, 5) is 19.0. The first-order valence-corrected chi connectivity index (χ1v) is 10.1. The Balaban J connectivity index is 1.18. The lowest BCUT2D eigenvalue weighted by Gasteiger charge is -2.30. The van der Waals surface area contributed by atoms with Gasteiger partial charge in [-0.05, 0) is 37.1 Å². The molecule has 9 heteroatoms. The Morgan fingerprint density at radius 2 is 1.93 bits per heavy atom. The Hall–Kier alpha value is -3.49. The highest BCUT2D eigenvalue weighted by Crippen LogP contribution is 2.33. The van der Waals surface area contributed by atoms with Crippen LogP contribution in [-0.2, 0) is 7.05 Å². The number of urea groups is 1. The molecular weight excluding hydrogens is 386 g/mol. The van der Waals surface area contributed by atoms with Crippen molar-refractivity contribution < 1.29 is 18.8 Å². The molecule has 2 aromatic heterocycles. The number of aromatic nitrogens is 3. The summed E-state index contributed by atoms with van der Waals surface area (Å²) in [5, 5.41) is 7.06. The van der Waals surface area contributed by atoms with Crippen LogP contribution in [-0.4, -0.2) is 51.9 Å². The van der Waals surface area contributed by atoms with E-state index in [9.17, 15) is 4.79 Å². The first-order valence-electron chi connectivity index (χ1n) is 10.1. The summed E-state index contributed by atoms with van der Waals surface area (Å²) in [6.07, 6.45) is 3.51. The third-order valence-electron chi connectivity index (χ3n) is 5.54. The smallest absolute Gasteiger partial charge is 0.321 e. The van der Waals surface area contributed by atoms with E-state index >= 15 is 0 Å². The van der Waals surface area contributed by atoms with Crippen LogP contribution >= 0.6 is 0 Å². The van der Waals surface area contributed by atoms with Crippen molar-refractivity contribution in [2.24, 2.45) is 7.05 Å². The third-order valence-corrected chi connectivity index (χ3v) is 5.54. The van der Waals surface area contributed by atoms with Crippen molar-refractivity contribution in [3.8, 4) is 23.0 Å². The summed E-state index contributed by atoms with van der Waals surface area (Å²) in [5.41, 5.74) is 1.61. The Morgan fingerprint density at radius 3 is 2.70 bits per heavy atom. The SMILES string of the molecule is Cn1cccc1-c1noc(C2CCN(C(=O)Nc3ccc4c(c3)OCCO4)CC2)n1. The van der Waals surface area contributed by atoms with Crippen LogP contribution in [0.25, 0.3) is 11.5 Å². The quantitative estimate of drug-likeness (QED) is 0.714. The van der Waals surface area contributed by atoms with Gasteiger partial charge in [-0.1, -0.05) is 5.16 Å². The van der Waals surface area contributed by atoms with E-state index in [-0.39, 0.29) is 11.9 Å². The molecule has 3 aromatic rings. The molecule has 156 valence electrons. The summed E-state index contributed by atoms with van der Waals surface area (Å²) in [6, 6.07) is 9.21. The molecule has 2 aliphatic heterocycles. The number of nitrogens with one attached hydrogen (secondary N) is 1. The predicted octanol–water partition coefficient (Wildman–Crippen LogP) is 3.26. The fourth-order valence-corrected chi connectivity index (χ4v) is 3.85. The van der Waals surface area contributed by atoms with Gasteiger partial charge in [-0.3, -0.25) is 0 Å². The number of hydrogen-bond donors (Lipinski definition) is 1. The van der Waals surface area contributed by atoms with Gasteiger partial charge in [0.05, 0.1) is 5.69 Å². The molecule has 0 spiro atoms. The first kappa shape index (κ1) is 18.5. The molecule has 4 heterocycles. The molecule has 0 radical (unpaired) electrons. The topological polar surface area (TPSA) is 94.7 Å². The minimum Gasteiger partial charge on any atom is -0.486 e. The summed E-state index contributed by atoms with van der Waals surface area (Å²) in [6.45, 7) is 2.31. The van der Waals surface area contributed by atoms with Crippen molar-refractivity contribution >= 4 is 11.7 Å². The van der Waals surface area contributed by atoms with Crippen molar-refractivity contribution in [3.63, 3.8) is 0 Å². The lowest BCUT2D eigenvalue weighted by molar-refractivity contribution is 0.171. The summed E-state index contributed by atoms with van der Waals surface area (Å²) in [5.74, 6) is 2.75. The molecule has 0 unspecified atom stereocenters. The van der Waals surface area contributed by atoms with Gasteiger partial charge < -0.3 is 28.8 Å². The predicted molar refractivity (Wildman–Crippen MR) is 109 cm³/mol. The van der Waals surface area contributed by atoms with E-state index in [0.717, 1.165) is 18.5 Å². The lowest BCUT2D eigenvalue weighted by Crippen LogP contribution is -2.40. The maximum atomic E-state index is 12.7. The minimum atomic E-state index is -0.125. The van der Waals surface area contributed by atoms with Crippen molar-refractivity contribution in [1.29, 1.82) is 0 Å². The summed E-state index contributed by atoms with van der Waals surface area (Å²) < 4.78 is 18.6. The van der Waals surface area contributed by atoms with Gasteiger partial charge in [0.25, 0.3) is 0 Å². The zero-order chi connectivity index (χ0) is 20.5. The van der Waals surface area contributed by atoms with Crippen molar-refractivity contribution in [1.82, 2.24) is 19.6 Å². The van der Waals surface area contributed by atoms with E-state index < -0.39 is 0 Å². The van der Waals surface area contributed by atoms with Gasteiger partial charge in [-0.2, -0.15) is 4.98 Å². The standard InChI is InChI=1S/C21H23N5O4/c1-25-8-2-3-16(25)19-23-20(30-24-19)14-6-9-26(10-7-14)21(27)22-15-4-5-17-18(13-15)29-12-11-28-17/h2-5,8,13-14H,6-7,9-12H2,1H3,(H,22,27). The van der Waals surface area contributed by atoms with Crippen LogP contribution in [0, 0.1) is 0 Å². The Morgan fingerprint density at radius 1 is 1.13 bits per heavy atom. The van der Waals surface area contributed by atoms with E-state index in [1.807, 2.05) is 47.0 Å². The average molecular weight is 409 g/mol. The van der Waals surface area contributed by atoms with E-state index in [1.54, 1.807) is 6.07 Å². The second-order valence-corrected chi connectivity index (χ2v) is 7.51. The molecule has 30 heavy (non-hydrogen) atoms. The lowest BCUT2D eigenvalue weighted by atomic mass is 9.97. The van der Waals surface area contributed by atoms with Gasteiger partial charge in [0, 0.05) is 44.0 Å². The van der Waals surface area contributed by atoms with Gasteiger partial charge in [0.2, 0.25) is 11.7 Å². The Bertz CT molecular complexity index is 1050. The van der Waals surface area contributed by atoms with E-state index in [2.05, 4.69) is 15.5 Å². The first-order chi connectivity index (χ1) is 14.7. The van der Waals surface area contributed by atoms with Gasteiger partial charge in [-0.15, -0.1) is 0 Å². The fraction of sp³-hybridized carbons (Fsp3) is 0.381. The molecule has 2 aliphatic rings. The monoisotopic (exact) mass is 409 g/mol.